The molecular formula is C18H16O2Si. The Morgan fingerprint density at radius 2 is 1.10 bits per heavy atom. The fraction of sp³-hybridized carbons (Fsp3) is 0.111. The van der Waals surface area contributed by atoms with Crippen LogP contribution in [0.3, 0.4) is 0 Å². The molecular weight excluding hydrogens is 276 g/mol. The van der Waals surface area contributed by atoms with Crippen LogP contribution in [0.5, 0.6) is 11.5 Å². The van der Waals surface area contributed by atoms with Crippen molar-refractivity contribution in [3.05, 3.63) is 60.7 Å². The lowest BCUT2D eigenvalue weighted by Crippen LogP contribution is -2.48. The van der Waals surface area contributed by atoms with Crippen LogP contribution < -0.4 is 8.85 Å². The molecule has 2 nitrogen and oxygen atoms in total. The Hall–Kier alpha value is -2.62. The smallest absolute Gasteiger partial charge is 0.485 e. The zero-order valence-corrected chi connectivity index (χ0v) is 12.7. The molecule has 0 atom stereocenters. The number of benzene rings is 2. The summed E-state index contributed by atoms with van der Waals surface area (Å²) in [6.45, 7) is 0. The molecule has 21 heavy (non-hydrogen) atoms. The van der Waals surface area contributed by atoms with Gasteiger partial charge in [-0.25, -0.2) is 0 Å². The van der Waals surface area contributed by atoms with Crippen LogP contribution in [0, 0.1) is 24.7 Å². The molecule has 2 aromatic carbocycles. The molecule has 2 rings (SSSR count). The topological polar surface area (TPSA) is 18.5 Å². The first-order valence-electron chi connectivity index (χ1n) is 6.63. The van der Waals surface area contributed by atoms with E-state index >= 15 is 0 Å². The van der Waals surface area contributed by atoms with E-state index in [4.69, 9.17) is 21.7 Å². The number of terminal acetylenes is 2. The van der Waals surface area contributed by atoms with Crippen LogP contribution in [0.1, 0.15) is 0 Å². The van der Waals surface area contributed by atoms with Gasteiger partial charge in [0.1, 0.15) is 11.5 Å². The first kappa shape index (κ1) is 14.8. The summed E-state index contributed by atoms with van der Waals surface area (Å²) >= 11 is 0. The van der Waals surface area contributed by atoms with Gasteiger partial charge in [0, 0.05) is 0 Å². The van der Waals surface area contributed by atoms with Crippen LogP contribution >= 0.6 is 0 Å². The van der Waals surface area contributed by atoms with Crippen molar-refractivity contribution in [3.63, 3.8) is 0 Å². The number of hydrogen-bond acceptors (Lipinski definition) is 2. The SMILES string of the molecule is C#CC[Si](CC#C)(Oc1ccccc1)Oc1ccccc1. The van der Waals surface area contributed by atoms with Crippen molar-refractivity contribution in [3.8, 4) is 36.2 Å². The van der Waals surface area contributed by atoms with Crippen molar-refractivity contribution in [2.45, 2.75) is 12.1 Å². The molecule has 0 spiro atoms. The Morgan fingerprint density at radius 3 is 1.43 bits per heavy atom. The summed E-state index contributed by atoms with van der Waals surface area (Å²) in [5.74, 6) is 6.76. The van der Waals surface area contributed by atoms with E-state index in [1.165, 1.54) is 0 Å². The summed E-state index contributed by atoms with van der Waals surface area (Å²) < 4.78 is 12.2. The van der Waals surface area contributed by atoms with Gasteiger partial charge in [0.25, 0.3) is 0 Å². The molecule has 0 aromatic heterocycles. The highest BCUT2D eigenvalue weighted by atomic mass is 28.4. The van der Waals surface area contributed by atoms with E-state index < -0.39 is 8.56 Å². The van der Waals surface area contributed by atoms with Gasteiger partial charge < -0.3 is 8.85 Å². The molecule has 2 aromatic rings. The lowest BCUT2D eigenvalue weighted by atomic mass is 10.3. The predicted molar refractivity (Wildman–Crippen MR) is 87.2 cm³/mol. The molecule has 0 amide bonds. The van der Waals surface area contributed by atoms with Crippen molar-refractivity contribution in [1.82, 2.24) is 0 Å². The Labute approximate surface area is 127 Å². The fourth-order valence-electron chi connectivity index (χ4n) is 1.95. The minimum absolute atomic E-state index is 0.390. The predicted octanol–water partition coefficient (Wildman–Crippen LogP) is 3.85. The minimum Gasteiger partial charge on any atom is -0.511 e. The molecule has 0 saturated carbocycles. The average molecular weight is 292 g/mol. The quantitative estimate of drug-likeness (QED) is 0.594. The van der Waals surface area contributed by atoms with Crippen LogP contribution in [-0.4, -0.2) is 8.56 Å². The molecule has 0 bridgehead atoms. The summed E-state index contributed by atoms with van der Waals surface area (Å²) in [4.78, 5) is 0. The highest BCUT2D eigenvalue weighted by molar-refractivity contribution is 6.70. The summed E-state index contributed by atoms with van der Waals surface area (Å²) in [6.07, 6.45) is 11.0. The van der Waals surface area contributed by atoms with E-state index in [0.29, 0.717) is 12.1 Å². The second-order valence-corrected chi connectivity index (χ2v) is 7.44. The van der Waals surface area contributed by atoms with E-state index in [1.54, 1.807) is 0 Å². The van der Waals surface area contributed by atoms with Gasteiger partial charge in [-0.3, -0.25) is 0 Å². The normalized spacial score (nSPS) is 10.2. The van der Waals surface area contributed by atoms with Gasteiger partial charge in [0.05, 0.1) is 12.1 Å². The highest BCUT2D eigenvalue weighted by Gasteiger charge is 2.41. The van der Waals surface area contributed by atoms with Crippen molar-refractivity contribution in [2.75, 3.05) is 0 Å². The number of hydrogen-bond donors (Lipinski definition) is 0. The Morgan fingerprint density at radius 1 is 0.714 bits per heavy atom. The van der Waals surface area contributed by atoms with Crippen LogP contribution in [-0.2, 0) is 0 Å². The van der Waals surface area contributed by atoms with Gasteiger partial charge in [-0.15, -0.1) is 24.7 Å². The van der Waals surface area contributed by atoms with Crippen LogP contribution in [0.4, 0.5) is 0 Å². The summed E-state index contributed by atoms with van der Waals surface area (Å²) in [5.41, 5.74) is 0. The van der Waals surface area contributed by atoms with Crippen molar-refractivity contribution in [2.24, 2.45) is 0 Å². The summed E-state index contributed by atoms with van der Waals surface area (Å²) in [6, 6.07) is 19.8. The third-order valence-electron chi connectivity index (χ3n) is 2.84. The van der Waals surface area contributed by atoms with Crippen LogP contribution in [0.25, 0.3) is 0 Å². The molecule has 0 heterocycles. The van der Waals surface area contributed by atoms with E-state index in [9.17, 15) is 0 Å². The van der Waals surface area contributed by atoms with Crippen molar-refractivity contribution < 1.29 is 8.85 Å². The van der Waals surface area contributed by atoms with E-state index in [2.05, 4.69) is 11.8 Å². The average Bonchev–Trinajstić information content (AvgIpc) is 2.50. The third kappa shape index (κ3) is 4.17. The summed E-state index contributed by atoms with van der Waals surface area (Å²) in [7, 11) is -2.75. The van der Waals surface area contributed by atoms with Crippen molar-refractivity contribution >= 4 is 8.56 Å². The lowest BCUT2D eigenvalue weighted by Gasteiger charge is -2.28. The maximum atomic E-state index is 6.12. The molecule has 0 fully saturated rings. The molecule has 0 saturated heterocycles. The molecule has 0 aliphatic carbocycles. The standard InChI is InChI=1S/C18H16O2Si/c1-3-15-21(16-4-2,19-17-11-7-5-8-12-17)20-18-13-9-6-10-14-18/h1-2,5-14H,15-16H2. The second-order valence-electron chi connectivity index (χ2n) is 4.50. The first-order valence-corrected chi connectivity index (χ1v) is 8.86. The minimum atomic E-state index is -2.75. The molecule has 104 valence electrons. The van der Waals surface area contributed by atoms with Crippen LogP contribution in [0.2, 0.25) is 12.1 Å². The molecule has 0 unspecified atom stereocenters. The van der Waals surface area contributed by atoms with Crippen molar-refractivity contribution in [1.29, 1.82) is 0 Å². The molecule has 0 aliphatic heterocycles. The van der Waals surface area contributed by atoms with Gasteiger partial charge >= 0.3 is 8.56 Å². The number of para-hydroxylation sites is 2. The van der Waals surface area contributed by atoms with Gasteiger partial charge in [0.15, 0.2) is 0 Å². The summed E-state index contributed by atoms with van der Waals surface area (Å²) in [5, 5.41) is 0. The third-order valence-corrected chi connectivity index (χ3v) is 5.54. The zero-order valence-electron chi connectivity index (χ0n) is 11.7. The van der Waals surface area contributed by atoms with Gasteiger partial charge in [-0.05, 0) is 24.3 Å². The maximum Gasteiger partial charge on any atom is 0.485 e. The molecule has 0 radical (unpaired) electrons. The number of rotatable bonds is 6. The van der Waals surface area contributed by atoms with Gasteiger partial charge in [-0.1, -0.05) is 36.4 Å². The van der Waals surface area contributed by atoms with Gasteiger partial charge in [0.2, 0.25) is 0 Å². The lowest BCUT2D eigenvalue weighted by molar-refractivity contribution is 0.389. The Kier molecular flexibility index (Phi) is 5.09. The molecule has 0 aliphatic rings. The van der Waals surface area contributed by atoms with Crippen LogP contribution in [0.15, 0.2) is 60.7 Å². The largest absolute Gasteiger partial charge is 0.511 e. The van der Waals surface area contributed by atoms with E-state index in [-0.39, 0.29) is 0 Å². The van der Waals surface area contributed by atoms with Gasteiger partial charge in [-0.2, -0.15) is 0 Å². The Bertz CT molecular complexity index is 579. The second kappa shape index (κ2) is 7.24. The monoisotopic (exact) mass is 292 g/mol. The Balaban J connectivity index is 2.29. The zero-order chi connectivity index (χ0) is 15.0. The maximum absolute atomic E-state index is 6.12. The molecule has 0 N–H and O–H groups in total. The van der Waals surface area contributed by atoms with E-state index in [0.717, 1.165) is 11.5 Å². The highest BCUT2D eigenvalue weighted by Crippen LogP contribution is 2.25. The first-order chi connectivity index (χ1) is 10.3. The molecule has 3 heteroatoms. The van der Waals surface area contributed by atoms with E-state index in [1.807, 2.05) is 60.7 Å². The fourth-order valence-corrected chi connectivity index (χ4v) is 4.15.